The quantitative estimate of drug-likeness (QED) is 0.276. The third-order valence-corrected chi connectivity index (χ3v) is 2.90. The SMILES string of the molecule is C=IC(C)(N)OC(=O)C(C)(C)C. The van der Waals surface area contributed by atoms with Crippen molar-refractivity contribution in [3.8, 4) is 0 Å². The minimum absolute atomic E-state index is 0.268. The number of ether oxygens (including phenoxy) is 1. The molecule has 0 rings (SSSR count). The number of nitrogens with two attached hydrogens (primary N) is 1. The Hall–Kier alpha value is 0.0300. The van der Waals surface area contributed by atoms with Crippen molar-refractivity contribution in [1.82, 2.24) is 0 Å². The van der Waals surface area contributed by atoms with Gasteiger partial charge in [0.15, 0.2) is 0 Å². The zero-order valence-corrected chi connectivity index (χ0v) is 10.1. The Morgan fingerprint density at radius 3 is 2.08 bits per heavy atom. The Morgan fingerprint density at radius 1 is 1.42 bits per heavy atom. The number of hydrogen-bond donors (Lipinski definition) is 1. The van der Waals surface area contributed by atoms with Gasteiger partial charge in [0.25, 0.3) is 0 Å². The molecule has 72 valence electrons. The first kappa shape index (κ1) is 12.0. The molecule has 3 nitrogen and oxygen atoms in total. The lowest BCUT2D eigenvalue weighted by atomic mass is 9.97. The molecular formula is C8H16INO2. The van der Waals surface area contributed by atoms with Gasteiger partial charge < -0.3 is 4.74 Å². The second kappa shape index (κ2) is 3.83. The predicted molar refractivity (Wildman–Crippen MR) is 59.3 cm³/mol. The van der Waals surface area contributed by atoms with Crippen LogP contribution in [0.2, 0.25) is 0 Å². The highest BCUT2D eigenvalue weighted by Gasteiger charge is 2.29. The van der Waals surface area contributed by atoms with Gasteiger partial charge in [0.05, 0.1) is 5.41 Å². The Morgan fingerprint density at radius 2 is 1.83 bits per heavy atom. The summed E-state index contributed by atoms with van der Waals surface area (Å²) in [5.74, 6) is -0.268. The third kappa shape index (κ3) is 4.15. The van der Waals surface area contributed by atoms with Crippen molar-refractivity contribution in [3.05, 3.63) is 0 Å². The van der Waals surface area contributed by atoms with Gasteiger partial charge in [-0.2, -0.15) is 0 Å². The molecule has 0 saturated heterocycles. The molecule has 12 heavy (non-hydrogen) atoms. The van der Waals surface area contributed by atoms with E-state index in [0.717, 1.165) is 0 Å². The summed E-state index contributed by atoms with van der Waals surface area (Å²) in [6.07, 6.45) is 0. The second-order valence-corrected chi connectivity index (χ2v) is 6.66. The molecule has 0 aromatic carbocycles. The Balaban J connectivity index is 4.29. The summed E-state index contributed by atoms with van der Waals surface area (Å²) in [6, 6.07) is 0. The van der Waals surface area contributed by atoms with Crippen molar-refractivity contribution < 1.29 is 9.53 Å². The average Bonchev–Trinajstić information content (AvgIpc) is 1.85. The number of carbonyl (C=O) groups is 1. The van der Waals surface area contributed by atoms with Gasteiger partial charge in [0.1, 0.15) is 0 Å². The van der Waals surface area contributed by atoms with Crippen LogP contribution in [0.5, 0.6) is 0 Å². The molecule has 0 fully saturated rings. The van der Waals surface area contributed by atoms with Crippen molar-refractivity contribution in [2.24, 2.45) is 11.1 Å². The van der Waals surface area contributed by atoms with E-state index < -0.39 is 29.9 Å². The molecule has 0 saturated carbocycles. The first-order chi connectivity index (χ1) is 5.19. The van der Waals surface area contributed by atoms with Gasteiger partial charge >= 0.3 is 5.97 Å². The van der Waals surface area contributed by atoms with E-state index in [4.69, 9.17) is 10.5 Å². The molecule has 0 aliphatic rings. The number of alkyl halides is 1. The monoisotopic (exact) mass is 285 g/mol. The maximum absolute atomic E-state index is 11.3. The minimum Gasteiger partial charge on any atom is -0.435 e. The van der Waals surface area contributed by atoms with Crippen molar-refractivity contribution in [1.29, 1.82) is 0 Å². The fourth-order valence-electron chi connectivity index (χ4n) is 0.362. The van der Waals surface area contributed by atoms with Gasteiger partial charge in [-0.25, -0.2) is 0 Å². The van der Waals surface area contributed by atoms with E-state index in [1.165, 1.54) is 0 Å². The van der Waals surface area contributed by atoms with E-state index in [1.54, 1.807) is 27.7 Å². The summed E-state index contributed by atoms with van der Waals surface area (Å²) in [5.41, 5.74) is 5.17. The molecule has 0 aromatic heterocycles. The Labute approximate surface area is 83.4 Å². The van der Waals surface area contributed by atoms with Crippen LogP contribution in [-0.4, -0.2) is 14.2 Å². The first-order valence-corrected chi connectivity index (χ1v) is 6.21. The maximum Gasteiger partial charge on any atom is 0.313 e. The third-order valence-electron chi connectivity index (χ3n) is 1.17. The van der Waals surface area contributed by atoms with Crippen molar-refractivity contribution in [2.45, 2.75) is 31.4 Å². The van der Waals surface area contributed by atoms with Crippen LogP contribution in [0.4, 0.5) is 0 Å². The maximum atomic E-state index is 11.3. The summed E-state index contributed by atoms with van der Waals surface area (Å²) in [7, 11) is 0. The van der Waals surface area contributed by atoms with Crippen LogP contribution in [0, 0.1) is 5.41 Å². The van der Waals surface area contributed by atoms with E-state index in [0.29, 0.717) is 0 Å². The van der Waals surface area contributed by atoms with Gasteiger partial charge in [-0.3, -0.25) is 10.5 Å². The van der Waals surface area contributed by atoms with Crippen LogP contribution >= 0.6 is 20.7 Å². The molecule has 0 aliphatic carbocycles. The minimum atomic E-state index is -0.830. The van der Waals surface area contributed by atoms with Crippen LogP contribution in [0.15, 0.2) is 0 Å². The van der Waals surface area contributed by atoms with Crippen molar-refractivity contribution in [2.75, 3.05) is 0 Å². The highest BCUT2D eigenvalue weighted by Crippen LogP contribution is 2.23. The molecule has 0 radical (unpaired) electrons. The molecular weight excluding hydrogens is 269 g/mol. The van der Waals surface area contributed by atoms with E-state index >= 15 is 0 Å². The molecule has 0 amide bonds. The van der Waals surface area contributed by atoms with Gasteiger partial charge in [0, 0.05) is 0 Å². The first-order valence-electron chi connectivity index (χ1n) is 3.61. The van der Waals surface area contributed by atoms with Gasteiger partial charge in [-0.05, 0) is 27.7 Å². The summed E-state index contributed by atoms with van der Waals surface area (Å²) < 4.78 is 7.95. The van der Waals surface area contributed by atoms with Gasteiger partial charge in [-0.1, -0.05) is 25.2 Å². The predicted octanol–water partition coefficient (Wildman–Crippen LogP) is 1.61. The molecule has 2 N–H and O–H groups in total. The Kier molecular flexibility index (Phi) is 3.84. The average molecular weight is 285 g/mol. The molecule has 0 spiro atoms. The number of hydrogen-bond acceptors (Lipinski definition) is 3. The molecule has 4 heteroatoms. The summed E-state index contributed by atoms with van der Waals surface area (Å²) in [4.78, 5) is 11.3. The van der Waals surface area contributed by atoms with Crippen LogP contribution in [-0.2, 0) is 9.53 Å². The highest BCUT2D eigenvalue weighted by atomic mass is 127. The summed E-state index contributed by atoms with van der Waals surface area (Å²) in [6.45, 7) is 7.09. The number of halogens is 1. The molecule has 0 bridgehead atoms. The summed E-state index contributed by atoms with van der Waals surface area (Å²) >= 11 is -0.536. The van der Waals surface area contributed by atoms with E-state index in [2.05, 4.69) is 4.51 Å². The van der Waals surface area contributed by atoms with Crippen LogP contribution in [0.3, 0.4) is 0 Å². The van der Waals surface area contributed by atoms with Crippen LogP contribution < -0.4 is 5.73 Å². The van der Waals surface area contributed by atoms with Crippen LogP contribution in [0.25, 0.3) is 0 Å². The standard InChI is InChI=1S/C8H16INO2/c1-7(2,3)6(11)12-8(4,10)9-5/h5,10H2,1-4H3. The van der Waals surface area contributed by atoms with Crippen molar-refractivity contribution in [3.63, 3.8) is 0 Å². The smallest absolute Gasteiger partial charge is 0.313 e. The number of esters is 1. The normalized spacial score (nSPS) is 16.8. The zero-order chi connectivity index (χ0) is 9.99. The lowest BCUT2D eigenvalue weighted by Gasteiger charge is -2.25. The summed E-state index contributed by atoms with van der Waals surface area (Å²) in [5, 5.41) is 0. The topological polar surface area (TPSA) is 52.3 Å². The fourth-order valence-corrected chi connectivity index (χ4v) is 0.717. The number of rotatable bonds is 2. The molecule has 0 heterocycles. The molecule has 1 atom stereocenters. The number of carbonyl (C=O) groups excluding carboxylic acids is 1. The van der Waals surface area contributed by atoms with Gasteiger partial charge in [0.2, 0.25) is 3.73 Å². The van der Waals surface area contributed by atoms with Gasteiger partial charge in [-0.15, -0.1) is 0 Å². The zero-order valence-electron chi connectivity index (χ0n) is 7.98. The van der Waals surface area contributed by atoms with Crippen LogP contribution in [0.1, 0.15) is 27.7 Å². The lowest BCUT2D eigenvalue weighted by Crippen LogP contribution is -2.39. The largest absolute Gasteiger partial charge is 0.435 e. The molecule has 0 aliphatic heterocycles. The van der Waals surface area contributed by atoms with E-state index in [-0.39, 0.29) is 5.97 Å². The molecule has 1 unspecified atom stereocenters. The Bertz CT molecular complexity index is 194. The molecule has 0 aromatic rings. The van der Waals surface area contributed by atoms with E-state index in [9.17, 15) is 4.79 Å². The highest BCUT2D eigenvalue weighted by molar-refractivity contribution is 14.2. The lowest BCUT2D eigenvalue weighted by molar-refractivity contribution is -0.158. The second-order valence-electron chi connectivity index (χ2n) is 3.76. The van der Waals surface area contributed by atoms with Crippen molar-refractivity contribution >= 4 is 31.2 Å². The fraction of sp³-hybridized carbons (Fsp3) is 0.750. The van der Waals surface area contributed by atoms with E-state index in [1.807, 2.05) is 0 Å².